The third kappa shape index (κ3) is 2.09. The molecule has 2 bridgehead atoms. The molecular formula is C14H16N2O. The van der Waals surface area contributed by atoms with Crippen LogP contribution in [0.1, 0.15) is 19.3 Å². The zero-order chi connectivity index (χ0) is 11.7. The van der Waals surface area contributed by atoms with Crippen LogP contribution < -0.4 is 5.32 Å². The van der Waals surface area contributed by atoms with Crippen molar-refractivity contribution in [2.24, 2.45) is 17.8 Å². The molecule has 0 saturated heterocycles. The molecule has 1 saturated carbocycles. The molecule has 3 unspecified atom stereocenters. The normalized spacial score (nSPS) is 30.2. The lowest BCUT2D eigenvalue weighted by Gasteiger charge is -2.36. The fourth-order valence-electron chi connectivity index (χ4n) is 2.90. The Morgan fingerprint density at radius 1 is 1.24 bits per heavy atom. The minimum atomic E-state index is 0.159. The van der Waals surface area contributed by atoms with Gasteiger partial charge in [0.05, 0.1) is 0 Å². The van der Waals surface area contributed by atoms with Crippen LogP contribution in [0.4, 0.5) is 5.69 Å². The van der Waals surface area contributed by atoms with Crippen molar-refractivity contribution in [2.75, 3.05) is 5.32 Å². The molecule has 0 aromatic carbocycles. The van der Waals surface area contributed by atoms with E-state index in [0.29, 0.717) is 11.8 Å². The summed E-state index contributed by atoms with van der Waals surface area (Å²) in [6, 6.07) is 3.66. The summed E-state index contributed by atoms with van der Waals surface area (Å²) in [5.41, 5.74) is 0.843. The largest absolute Gasteiger partial charge is 0.326 e. The lowest BCUT2D eigenvalue weighted by atomic mass is 9.69. The number of carbonyl (C=O) groups excluding carboxylic acids is 1. The summed E-state index contributed by atoms with van der Waals surface area (Å²) in [6.45, 7) is 0. The van der Waals surface area contributed by atoms with Crippen LogP contribution in [-0.4, -0.2) is 10.9 Å². The van der Waals surface area contributed by atoms with Crippen molar-refractivity contribution >= 4 is 11.6 Å². The highest BCUT2D eigenvalue weighted by atomic mass is 16.1. The van der Waals surface area contributed by atoms with Gasteiger partial charge in [0, 0.05) is 24.0 Å². The molecule has 1 amide bonds. The van der Waals surface area contributed by atoms with Gasteiger partial charge in [-0.15, -0.1) is 0 Å². The number of hydrogen-bond donors (Lipinski definition) is 1. The first-order chi connectivity index (χ1) is 8.33. The maximum atomic E-state index is 12.2. The molecular weight excluding hydrogens is 212 g/mol. The van der Waals surface area contributed by atoms with Crippen molar-refractivity contribution in [3.8, 4) is 0 Å². The van der Waals surface area contributed by atoms with E-state index < -0.39 is 0 Å². The van der Waals surface area contributed by atoms with Gasteiger partial charge in [0.2, 0.25) is 5.91 Å². The Kier molecular flexibility index (Phi) is 2.67. The molecule has 0 radical (unpaired) electrons. The van der Waals surface area contributed by atoms with Crippen molar-refractivity contribution in [3.63, 3.8) is 0 Å². The first-order valence-corrected chi connectivity index (χ1v) is 6.22. The van der Waals surface area contributed by atoms with E-state index in [1.165, 1.54) is 6.42 Å². The van der Waals surface area contributed by atoms with Crippen LogP contribution >= 0.6 is 0 Å². The fraction of sp³-hybridized carbons (Fsp3) is 0.429. The summed E-state index contributed by atoms with van der Waals surface area (Å²) in [5, 5.41) is 2.98. The number of pyridine rings is 1. The maximum absolute atomic E-state index is 12.2. The predicted molar refractivity (Wildman–Crippen MR) is 66.3 cm³/mol. The summed E-state index contributed by atoms with van der Waals surface area (Å²) >= 11 is 0. The van der Waals surface area contributed by atoms with E-state index in [0.717, 1.165) is 18.5 Å². The van der Waals surface area contributed by atoms with E-state index in [2.05, 4.69) is 22.5 Å². The average Bonchev–Trinajstić information content (AvgIpc) is 2.41. The maximum Gasteiger partial charge on any atom is 0.228 e. The van der Waals surface area contributed by atoms with E-state index >= 15 is 0 Å². The quantitative estimate of drug-likeness (QED) is 0.791. The van der Waals surface area contributed by atoms with E-state index in [1.54, 1.807) is 12.4 Å². The Morgan fingerprint density at radius 2 is 2.06 bits per heavy atom. The number of rotatable bonds is 2. The number of nitrogens with zero attached hydrogens (tertiary/aromatic N) is 1. The van der Waals surface area contributed by atoms with E-state index in [1.807, 2.05) is 12.1 Å². The number of amides is 1. The summed E-state index contributed by atoms with van der Waals surface area (Å²) in [7, 11) is 0. The number of carbonyl (C=O) groups is 1. The number of aromatic nitrogens is 1. The highest BCUT2D eigenvalue weighted by Crippen LogP contribution is 2.40. The Hall–Kier alpha value is -1.64. The van der Waals surface area contributed by atoms with Gasteiger partial charge >= 0.3 is 0 Å². The molecule has 3 aliphatic rings. The molecule has 0 spiro atoms. The highest BCUT2D eigenvalue weighted by molar-refractivity contribution is 5.93. The lowest BCUT2D eigenvalue weighted by molar-refractivity contribution is -0.122. The van der Waals surface area contributed by atoms with Gasteiger partial charge in [-0.2, -0.15) is 0 Å². The molecule has 17 heavy (non-hydrogen) atoms. The zero-order valence-electron chi connectivity index (χ0n) is 9.67. The minimum Gasteiger partial charge on any atom is -0.326 e. The minimum absolute atomic E-state index is 0.159. The SMILES string of the molecule is O=C(Nc1ccncc1)C1CC2C=CC1CC2. The van der Waals surface area contributed by atoms with Gasteiger partial charge in [-0.25, -0.2) is 0 Å². The van der Waals surface area contributed by atoms with Gasteiger partial charge in [0.15, 0.2) is 0 Å². The van der Waals surface area contributed by atoms with Crippen molar-refractivity contribution in [1.82, 2.24) is 4.98 Å². The summed E-state index contributed by atoms with van der Waals surface area (Å²) in [4.78, 5) is 16.1. The van der Waals surface area contributed by atoms with Crippen molar-refractivity contribution in [2.45, 2.75) is 19.3 Å². The van der Waals surface area contributed by atoms with Gasteiger partial charge in [0.25, 0.3) is 0 Å². The number of fused-ring (bicyclic) bond motifs is 2. The standard InChI is InChI=1S/C14H16N2O/c17-14(16-12-5-7-15-8-6-12)13-9-10-1-3-11(13)4-2-10/h1,3,5-8,10-11,13H,2,4,9H2,(H,15,16,17). The zero-order valence-corrected chi connectivity index (χ0v) is 9.67. The van der Waals surface area contributed by atoms with Gasteiger partial charge in [-0.1, -0.05) is 12.2 Å². The second kappa shape index (κ2) is 4.32. The van der Waals surface area contributed by atoms with Gasteiger partial charge in [0.1, 0.15) is 0 Å². The highest BCUT2D eigenvalue weighted by Gasteiger charge is 2.36. The number of anilines is 1. The second-order valence-electron chi connectivity index (χ2n) is 4.95. The van der Waals surface area contributed by atoms with Crippen LogP contribution in [0.25, 0.3) is 0 Å². The van der Waals surface area contributed by atoms with Crippen LogP contribution in [0.2, 0.25) is 0 Å². The predicted octanol–water partition coefficient (Wildman–Crippen LogP) is 2.62. The molecule has 1 heterocycles. The third-order valence-corrected chi connectivity index (χ3v) is 3.86. The Morgan fingerprint density at radius 3 is 2.65 bits per heavy atom. The van der Waals surface area contributed by atoms with Crippen LogP contribution in [0.15, 0.2) is 36.7 Å². The van der Waals surface area contributed by atoms with Crippen LogP contribution in [-0.2, 0) is 4.79 Å². The molecule has 1 N–H and O–H groups in total. The van der Waals surface area contributed by atoms with Crippen molar-refractivity contribution in [3.05, 3.63) is 36.7 Å². The first kappa shape index (κ1) is 10.5. The molecule has 3 nitrogen and oxygen atoms in total. The van der Waals surface area contributed by atoms with Gasteiger partial charge in [-0.05, 0) is 43.2 Å². The summed E-state index contributed by atoms with van der Waals surface area (Å²) in [5.74, 6) is 1.39. The fourth-order valence-corrected chi connectivity index (χ4v) is 2.90. The van der Waals surface area contributed by atoms with Gasteiger partial charge in [-0.3, -0.25) is 9.78 Å². The smallest absolute Gasteiger partial charge is 0.228 e. The molecule has 88 valence electrons. The molecule has 3 aliphatic carbocycles. The molecule has 1 aromatic heterocycles. The van der Waals surface area contributed by atoms with Crippen LogP contribution in [0.5, 0.6) is 0 Å². The Bertz CT molecular complexity index is 441. The molecule has 1 aromatic rings. The van der Waals surface area contributed by atoms with E-state index in [4.69, 9.17) is 0 Å². The number of allylic oxidation sites excluding steroid dienone is 2. The third-order valence-electron chi connectivity index (χ3n) is 3.86. The summed E-state index contributed by atoms with van der Waals surface area (Å²) in [6.07, 6.45) is 11.3. The van der Waals surface area contributed by atoms with Crippen molar-refractivity contribution < 1.29 is 4.79 Å². The monoisotopic (exact) mass is 228 g/mol. The number of nitrogens with one attached hydrogen (secondary N) is 1. The lowest BCUT2D eigenvalue weighted by Crippen LogP contribution is -2.36. The molecule has 4 rings (SSSR count). The Balaban J connectivity index is 1.70. The summed E-state index contributed by atoms with van der Waals surface area (Å²) < 4.78 is 0. The topological polar surface area (TPSA) is 42.0 Å². The van der Waals surface area contributed by atoms with Crippen LogP contribution in [0.3, 0.4) is 0 Å². The molecule has 3 atom stereocenters. The van der Waals surface area contributed by atoms with E-state index in [9.17, 15) is 4.79 Å². The van der Waals surface area contributed by atoms with Crippen LogP contribution in [0, 0.1) is 17.8 Å². The number of hydrogen-bond acceptors (Lipinski definition) is 2. The van der Waals surface area contributed by atoms with Gasteiger partial charge < -0.3 is 5.32 Å². The molecule has 0 aliphatic heterocycles. The molecule has 3 heteroatoms. The molecule has 1 fully saturated rings. The first-order valence-electron chi connectivity index (χ1n) is 6.22. The average molecular weight is 228 g/mol. The Labute approximate surface area is 101 Å². The van der Waals surface area contributed by atoms with E-state index in [-0.39, 0.29) is 11.8 Å². The van der Waals surface area contributed by atoms with Crippen molar-refractivity contribution in [1.29, 1.82) is 0 Å². The second-order valence-corrected chi connectivity index (χ2v) is 4.95.